The zero-order chi connectivity index (χ0) is 16.2. The first-order valence-corrected chi connectivity index (χ1v) is 8.54. The highest BCUT2D eigenvalue weighted by molar-refractivity contribution is 7.86. The fourth-order valence-electron chi connectivity index (χ4n) is 2.04. The summed E-state index contributed by atoms with van der Waals surface area (Å²) in [6.07, 6.45) is -0.177. The van der Waals surface area contributed by atoms with E-state index in [1.165, 1.54) is 18.4 Å². The summed E-state index contributed by atoms with van der Waals surface area (Å²) in [5.41, 5.74) is 0.997. The molecule has 0 saturated carbocycles. The molecule has 0 aliphatic heterocycles. The van der Waals surface area contributed by atoms with Crippen LogP contribution in [0.3, 0.4) is 0 Å². The highest BCUT2D eigenvalue weighted by Gasteiger charge is 2.30. The molecule has 0 heterocycles. The van der Waals surface area contributed by atoms with E-state index in [-0.39, 0.29) is 12.6 Å². The van der Waals surface area contributed by atoms with E-state index in [0.29, 0.717) is 11.4 Å². The molecule has 120 valence electrons. The predicted octanol–water partition coefficient (Wildman–Crippen LogP) is 1.76. The van der Waals surface area contributed by atoms with Crippen molar-refractivity contribution < 1.29 is 13.5 Å². The molecule has 0 unspecified atom stereocenters. The van der Waals surface area contributed by atoms with Gasteiger partial charge in [0.1, 0.15) is 0 Å². The second-order valence-electron chi connectivity index (χ2n) is 5.39. The zero-order valence-electron chi connectivity index (χ0n) is 12.8. The third-order valence-corrected chi connectivity index (χ3v) is 5.41. The molecule has 0 aliphatic rings. The summed E-state index contributed by atoms with van der Waals surface area (Å²) >= 11 is 5.85. The largest absolute Gasteiger partial charge is 0.392 e. The smallest absolute Gasteiger partial charge is 0.281 e. The molecule has 2 atom stereocenters. The Balaban J connectivity index is 2.95. The molecule has 1 aromatic carbocycles. The van der Waals surface area contributed by atoms with Gasteiger partial charge in [0, 0.05) is 31.7 Å². The Kier molecular flexibility index (Phi) is 6.62. The van der Waals surface area contributed by atoms with Crippen LogP contribution in [0.15, 0.2) is 24.3 Å². The lowest BCUT2D eigenvalue weighted by Crippen LogP contribution is -2.48. The standard InChI is InChI=1S/C14H23ClN2O3S/c1-11(9-13-5-7-14(15)8-6-13)17(10-12(2)18)21(19,20)16(3)4/h5-8,11-12,18H,9-10H2,1-4H3/t11-,12-/m1/s1. The molecule has 0 bridgehead atoms. The van der Waals surface area contributed by atoms with E-state index in [1.807, 2.05) is 19.1 Å². The van der Waals surface area contributed by atoms with Gasteiger partial charge in [0.15, 0.2) is 0 Å². The van der Waals surface area contributed by atoms with E-state index < -0.39 is 16.3 Å². The van der Waals surface area contributed by atoms with Crippen LogP contribution >= 0.6 is 11.6 Å². The van der Waals surface area contributed by atoms with Crippen LogP contribution in [0.4, 0.5) is 0 Å². The van der Waals surface area contributed by atoms with Gasteiger partial charge >= 0.3 is 0 Å². The van der Waals surface area contributed by atoms with E-state index in [4.69, 9.17) is 11.6 Å². The highest BCUT2D eigenvalue weighted by Crippen LogP contribution is 2.17. The van der Waals surface area contributed by atoms with Crippen LogP contribution in [-0.2, 0) is 16.6 Å². The Morgan fingerprint density at radius 1 is 1.19 bits per heavy atom. The van der Waals surface area contributed by atoms with Gasteiger partial charge in [-0.1, -0.05) is 23.7 Å². The number of aliphatic hydroxyl groups is 1. The lowest BCUT2D eigenvalue weighted by molar-refractivity contribution is 0.147. The van der Waals surface area contributed by atoms with Gasteiger partial charge in [0.25, 0.3) is 10.2 Å². The fourth-order valence-corrected chi connectivity index (χ4v) is 3.51. The van der Waals surface area contributed by atoms with E-state index in [1.54, 1.807) is 19.1 Å². The Bertz CT molecular complexity index is 544. The van der Waals surface area contributed by atoms with E-state index >= 15 is 0 Å². The van der Waals surface area contributed by atoms with Gasteiger partial charge in [0.05, 0.1) is 6.10 Å². The van der Waals surface area contributed by atoms with Crippen LogP contribution in [0.5, 0.6) is 0 Å². The van der Waals surface area contributed by atoms with Crippen LogP contribution < -0.4 is 0 Å². The number of benzene rings is 1. The molecule has 0 radical (unpaired) electrons. The van der Waals surface area contributed by atoms with Gasteiger partial charge in [-0.05, 0) is 38.0 Å². The molecule has 0 aromatic heterocycles. The first-order valence-electron chi connectivity index (χ1n) is 6.76. The topological polar surface area (TPSA) is 60.9 Å². The Labute approximate surface area is 132 Å². The summed E-state index contributed by atoms with van der Waals surface area (Å²) < 4.78 is 27.2. The molecule has 1 rings (SSSR count). The minimum absolute atomic E-state index is 0.0648. The van der Waals surface area contributed by atoms with Crippen molar-refractivity contribution in [3.8, 4) is 0 Å². The van der Waals surface area contributed by atoms with Crippen LogP contribution in [0.1, 0.15) is 19.4 Å². The molecule has 0 aliphatic carbocycles. The van der Waals surface area contributed by atoms with Crippen molar-refractivity contribution in [1.82, 2.24) is 8.61 Å². The van der Waals surface area contributed by atoms with Crippen molar-refractivity contribution in [1.29, 1.82) is 0 Å². The summed E-state index contributed by atoms with van der Waals surface area (Å²) in [5, 5.41) is 10.2. The summed E-state index contributed by atoms with van der Waals surface area (Å²) in [6.45, 7) is 3.47. The van der Waals surface area contributed by atoms with Crippen molar-refractivity contribution >= 4 is 21.8 Å². The second kappa shape index (κ2) is 7.56. The molecule has 1 aromatic rings. The van der Waals surface area contributed by atoms with Gasteiger partial charge in [-0.3, -0.25) is 0 Å². The van der Waals surface area contributed by atoms with Crippen molar-refractivity contribution in [2.24, 2.45) is 0 Å². The highest BCUT2D eigenvalue weighted by atomic mass is 35.5. The molecule has 7 heteroatoms. The lowest BCUT2D eigenvalue weighted by atomic mass is 10.1. The SMILES string of the molecule is C[C@H](Cc1ccc(Cl)cc1)N(C[C@@H](C)O)S(=O)(=O)N(C)C. The van der Waals surface area contributed by atoms with Gasteiger partial charge in [0.2, 0.25) is 0 Å². The number of aliphatic hydroxyl groups excluding tert-OH is 1. The van der Waals surface area contributed by atoms with Gasteiger partial charge in [-0.25, -0.2) is 0 Å². The predicted molar refractivity (Wildman–Crippen MR) is 85.6 cm³/mol. The second-order valence-corrected chi connectivity index (χ2v) is 7.92. The molecule has 5 nitrogen and oxygen atoms in total. The first kappa shape index (κ1) is 18.4. The monoisotopic (exact) mass is 334 g/mol. The van der Waals surface area contributed by atoms with Crippen LogP contribution in [0, 0.1) is 0 Å². The molecule has 0 spiro atoms. The summed E-state index contributed by atoms with van der Waals surface area (Å²) in [5.74, 6) is 0. The molecule has 0 amide bonds. The summed E-state index contributed by atoms with van der Waals surface area (Å²) in [4.78, 5) is 0. The summed E-state index contributed by atoms with van der Waals surface area (Å²) in [7, 11) is -0.610. The lowest BCUT2D eigenvalue weighted by Gasteiger charge is -2.31. The fraction of sp³-hybridized carbons (Fsp3) is 0.571. The van der Waals surface area contributed by atoms with Gasteiger partial charge < -0.3 is 5.11 Å². The molecule has 21 heavy (non-hydrogen) atoms. The maximum atomic E-state index is 12.4. The third-order valence-electron chi connectivity index (χ3n) is 3.14. The minimum atomic E-state index is -3.58. The van der Waals surface area contributed by atoms with Crippen molar-refractivity contribution in [3.05, 3.63) is 34.9 Å². The normalized spacial score (nSPS) is 15.4. The van der Waals surface area contributed by atoms with E-state index in [9.17, 15) is 13.5 Å². The third kappa shape index (κ3) is 5.23. The summed E-state index contributed by atoms with van der Waals surface area (Å²) in [6, 6.07) is 7.04. The van der Waals surface area contributed by atoms with Crippen LogP contribution in [0.2, 0.25) is 5.02 Å². The zero-order valence-corrected chi connectivity index (χ0v) is 14.4. The van der Waals surface area contributed by atoms with Gasteiger partial charge in [-0.2, -0.15) is 17.0 Å². The number of nitrogens with zero attached hydrogens (tertiary/aromatic N) is 2. The van der Waals surface area contributed by atoms with Crippen molar-refractivity contribution in [3.63, 3.8) is 0 Å². The molecule has 0 saturated heterocycles. The van der Waals surface area contributed by atoms with Crippen LogP contribution in [0.25, 0.3) is 0 Å². The number of halogens is 1. The van der Waals surface area contributed by atoms with Crippen molar-refractivity contribution in [2.75, 3.05) is 20.6 Å². The first-order chi connectivity index (χ1) is 9.64. The van der Waals surface area contributed by atoms with Crippen LogP contribution in [-0.4, -0.2) is 54.9 Å². The van der Waals surface area contributed by atoms with E-state index in [2.05, 4.69) is 0 Å². The van der Waals surface area contributed by atoms with Gasteiger partial charge in [-0.15, -0.1) is 0 Å². The number of hydrogen-bond acceptors (Lipinski definition) is 3. The number of rotatable bonds is 7. The molecular formula is C14H23ClN2O3S. The molecule has 0 fully saturated rings. The maximum absolute atomic E-state index is 12.4. The maximum Gasteiger partial charge on any atom is 0.281 e. The minimum Gasteiger partial charge on any atom is -0.392 e. The average molecular weight is 335 g/mol. The quantitative estimate of drug-likeness (QED) is 0.826. The molecular weight excluding hydrogens is 312 g/mol. The Hall–Kier alpha value is -0.660. The Morgan fingerprint density at radius 2 is 1.71 bits per heavy atom. The van der Waals surface area contributed by atoms with Crippen molar-refractivity contribution in [2.45, 2.75) is 32.4 Å². The average Bonchev–Trinajstić information content (AvgIpc) is 2.38. The van der Waals surface area contributed by atoms with E-state index in [0.717, 1.165) is 9.87 Å². The molecule has 1 N–H and O–H groups in total. The Morgan fingerprint density at radius 3 is 2.14 bits per heavy atom. The number of hydrogen-bond donors (Lipinski definition) is 1.